The first kappa shape index (κ1) is 19.9. The summed E-state index contributed by atoms with van der Waals surface area (Å²) in [6.45, 7) is -0.220. The van der Waals surface area contributed by atoms with E-state index in [0.29, 0.717) is 0 Å². The van der Waals surface area contributed by atoms with Gasteiger partial charge in [0.25, 0.3) is 11.6 Å². The monoisotopic (exact) mass is 417 g/mol. The van der Waals surface area contributed by atoms with Crippen LogP contribution in [0.2, 0.25) is 5.02 Å². The standard InChI is InChI=1S/C17H12ClF4N3O3/c18-11-12(19)14(21)16(15(22)13(11)20)23-4-6-24(7-5-23)17(26)9-2-1-3-10(8-9)25(27)28/h1-3,8H,4-7H2. The maximum Gasteiger partial charge on any atom is 0.270 e. The first-order valence-corrected chi connectivity index (χ1v) is 8.40. The molecule has 148 valence electrons. The lowest BCUT2D eigenvalue weighted by atomic mass is 10.1. The number of hydrogen-bond acceptors (Lipinski definition) is 4. The number of carbonyl (C=O) groups excluding carboxylic acids is 1. The fourth-order valence-corrected chi connectivity index (χ4v) is 3.11. The van der Waals surface area contributed by atoms with E-state index in [4.69, 9.17) is 11.6 Å². The van der Waals surface area contributed by atoms with Crippen LogP contribution in [-0.4, -0.2) is 41.9 Å². The van der Waals surface area contributed by atoms with E-state index >= 15 is 0 Å². The number of amides is 1. The van der Waals surface area contributed by atoms with E-state index in [0.717, 1.165) is 11.0 Å². The maximum absolute atomic E-state index is 14.1. The second-order valence-corrected chi connectivity index (χ2v) is 6.38. The zero-order valence-electron chi connectivity index (χ0n) is 14.1. The highest BCUT2D eigenvalue weighted by Crippen LogP contribution is 2.34. The van der Waals surface area contributed by atoms with Crippen molar-refractivity contribution < 1.29 is 27.3 Å². The van der Waals surface area contributed by atoms with Crippen LogP contribution in [0, 0.1) is 33.4 Å². The number of nitrogens with zero attached hydrogens (tertiary/aromatic N) is 3. The van der Waals surface area contributed by atoms with E-state index in [9.17, 15) is 32.5 Å². The molecular weight excluding hydrogens is 406 g/mol. The Labute approximate surface area is 161 Å². The average molecular weight is 418 g/mol. The lowest BCUT2D eigenvalue weighted by molar-refractivity contribution is -0.384. The SMILES string of the molecule is O=C(c1cccc([N+](=O)[O-])c1)N1CCN(c2c(F)c(F)c(Cl)c(F)c2F)CC1. The van der Waals surface area contributed by atoms with Crippen LogP contribution in [0.3, 0.4) is 0 Å². The van der Waals surface area contributed by atoms with Gasteiger partial charge in [0.2, 0.25) is 0 Å². The van der Waals surface area contributed by atoms with Gasteiger partial charge in [-0.05, 0) is 6.07 Å². The second-order valence-electron chi connectivity index (χ2n) is 6.01. The van der Waals surface area contributed by atoms with Crippen molar-refractivity contribution in [3.05, 3.63) is 68.2 Å². The third kappa shape index (κ3) is 3.47. The van der Waals surface area contributed by atoms with Crippen LogP contribution < -0.4 is 4.90 Å². The molecule has 0 radical (unpaired) electrons. The zero-order valence-corrected chi connectivity index (χ0v) is 14.8. The fraction of sp³-hybridized carbons (Fsp3) is 0.235. The molecule has 0 bridgehead atoms. The number of hydrogen-bond donors (Lipinski definition) is 0. The van der Waals surface area contributed by atoms with Crippen molar-refractivity contribution in [1.82, 2.24) is 4.90 Å². The zero-order chi connectivity index (χ0) is 20.6. The number of anilines is 1. The van der Waals surface area contributed by atoms with Crippen LogP contribution in [0.25, 0.3) is 0 Å². The van der Waals surface area contributed by atoms with Crippen molar-refractivity contribution in [2.75, 3.05) is 31.1 Å². The summed E-state index contributed by atoms with van der Waals surface area (Å²) in [4.78, 5) is 25.1. The van der Waals surface area contributed by atoms with E-state index in [1.807, 2.05) is 0 Å². The highest BCUT2D eigenvalue weighted by molar-refractivity contribution is 6.31. The quantitative estimate of drug-likeness (QED) is 0.251. The number of non-ortho nitro benzene ring substituents is 1. The molecule has 0 unspecified atom stereocenters. The van der Waals surface area contributed by atoms with Crippen LogP contribution in [0.15, 0.2) is 24.3 Å². The molecule has 1 amide bonds. The summed E-state index contributed by atoms with van der Waals surface area (Å²) in [7, 11) is 0. The van der Waals surface area contributed by atoms with Gasteiger partial charge in [-0.15, -0.1) is 0 Å². The molecule has 0 atom stereocenters. The molecule has 0 N–H and O–H groups in total. The molecule has 0 aliphatic carbocycles. The Kier molecular flexibility index (Phi) is 5.41. The lowest BCUT2D eigenvalue weighted by Gasteiger charge is -2.36. The molecule has 11 heteroatoms. The molecule has 1 aliphatic rings. The number of halogens is 5. The molecule has 1 aliphatic heterocycles. The predicted octanol–water partition coefficient (Wildman–Crippen LogP) is 3.77. The van der Waals surface area contributed by atoms with Gasteiger partial charge in [-0.25, -0.2) is 17.6 Å². The number of rotatable bonds is 3. The van der Waals surface area contributed by atoms with Crippen molar-refractivity contribution in [3.63, 3.8) is 0 Å². The summed E-state index contributed by atoms with van der Waals surface area (Å²) in [5.74, 6) is -7.10. The highest BCUT2D eigenvalue weighted by atomic mass is 35.5. The summed E-state index contributed by atoms with van der Waals surface area (Å²) in [5, 5.41) is 9.56. The molecule has 1 fully saturated rings. The van der Waals surface area contributed by atoms with Gasteiger partial charge in [-0.2, -0.15) is 0 Å². The number of piperazine rings is 1. The van der Waals surface area contributed by atoms with Crippen molar-refractivity contribution in [2.45, 2.75) is 0 Å². The van der Waals surface area contributed by atoms with Crippen LogP contribution in [0.4, 0.5) is 28.9 Å². The minimum atomic E-state index is -1.69. The Morgan fingerprint density at radius 3 is 2.11 bits per heavy atom. The molecule has 1 saturated heterocycles. The van der Waals surface area contributed by atoms with Gasteiger partial charge in [0.1, 0.15) is 10.7 Å². The Hall–Kier alpha value is -2.88. The molecule has 28 heavy (non-hydrogen) atoms. The van der Waals surface area contributed by atoms with Crippen LogP contribution in [-0.2, 0) is 0 Å². The van der Waals surface area contributed by atoms with Gasteiger partial charge < -0.3 is 9.80 Å². The van der Waals surface area contributed by atoms with Gasteiger partial charge in [0.05, 0.1) is 4.92 Å². The van der Waals surface area contributed by atoms with Gasteiger partial charge in [-0.1, -0.05) is 17.7 Å². The van der Waals surface area contributed by atoms with Crippen molar-refractivity contribution in [1.29, 1.82) is 0 Å². The van der Waals surface area contributed by atoms with Gasteiger partial charge in [-0.3, -0.25) is 14.9 Å². The summed E-state index contributed by atoms with van der Waals surface area (Å²) < 4.78 is 55.5. The topological polar surface area (TPSA) is 66.7 Å². The molecule has 1 heterocycles. The minimum absolute atomic E-state index is 0.00767. The lowest BCUT2D eigenvalue weighted by Crippen LogP contribution is -2.49. The summed E-state index contributed by atoms with van der Waals surface area (Å²) in [6.07, 6.45) is 0. The van der Waals surface area contributed by atoms with E-state index in [1.165, 1.54) is 23.1 Å². The predicted molar refractivity (Wildman–Crippen MR) is 92.5 cm³/mol. The van der Waals surface area contributed by atoms with Gasteiger partial charge >= 0.3 is 0 Å². The van der Waals surface area contributed by atoms with Crippen molar-refractivity contribution >= 4 is 28.9 Å². The maximum atomic E-state index is 14.1. The highest BCUT2D eigenvalue weighted by Gasteiger charge is 2.31. The Morgan fingerprint density at radius 1 is 1.00 bits per heavy atom. The van der Waals surface area contributed by atoms with E-state index < -0.39 is 44.8 Å². The Bertz CT molecular complexity index is 936. The van der Waals surface area contributed by atoms with Crippen LogP contribution >= 0.6 is 11.6 Å². The molecule has 2 aromatic carbocycles. The van der Waals surface area contributed by atoms with Crippen LogP contribution in [0.1, 0.15) is 10.4 Å². The minimum Gasteiger partial charge on any atom is -0.363 e. The van der Waals surface area contributed by atoms with Gasteiger partial charge in [0.15, 0.2) is 23.3 Å². The first-order chi connectivity index (χ1) is 13.2. The molecule has 3 rings (SSSR count). The number of nitro groups is 1. The Balaban J connectivity index is 1.78. The summed E-state index contributed by atoms with van der Waals surface area (Å²) >= 11 is 5.22. The normalized spacial score (nSPS) is 14.3. The first-order valence-electron chi connectivity index (χ1n) is 8.02. The molecule has 2 aromatic rings. The van der Waals surface area contributed by atoms with Crippen molar-refractivity contribution in [3.8, 4) is 0 Å². The van der Waals surface area contributed by atoms with Crippen LogP contribution in [0.5, 0.6) is 0 Å². The van der Waals surface area contributed by atoms with E-state index in [-0.39, 0.29) is 37.4 Å². The Morgan fingerprint density at radius 2 is 1.57 bits per heavy atom. The van der Waals surface area contributed by atoms with Crippen molar-refractivity contribution in [2.24, 2.45) is 0 Å². The average Bonchev–Trinajstić information content (AvgIpc) is 2.71. The third-order valence-electron chi connectivity index (χ3n) is 4.37. The summed E-state index contributed by atoms with van der Waals surface area (Å²) in [6, 6.07) is 5.14. The molecule has 0 spiro atoms. The second kappa shape index (κ2) is 7.63. The molecular formula is C17H12ClF4N3O3. The molecule has 6 nitrogen and oxygen atoms in total. The smallest absolute Gasteiger partial charge is 0.270 e. The molecule has 0 saturated carbocycles. The fourth-order valence-electron chi connectivity index (χ4n) is 2.94. The largest absolute Gasteiger partial charge is 0.363 e. The number of nitro benzene ring substituents is 1. The van der Waals surface area contributed by atoms with E-state index in [1.54, 1.807) is 0 Å². The van der Waals surface area contributed by atoms with Gasteiger partial charge in [0, 0.05) is 43.9 Å². The van der Waals surface area contributed by atoms with E-state index in [2.05, 4.69) is 0 Å². The number of benzene rings is 2. The molecule has 0 aromatic heterocycles. The number of carbonyl (C=O) groups is 1. The third-order valence-corrected chi connectivity index (χ3v) is 4.71. The summed E-state index contributed by atoms with van der Waals surface area (Å²) in [5.41, 5.74) is -1.05.